The summed E-state index contributed by atoms with van der Waals surface area (Å²) in [5, 5.41) is 9.60. The van der Waals surface area contributed by atoms with Crippen molar-refractivity contribution < 1.29 is 5.11 Å². The lowest BCUT2D eigenvalue weighted by molar-refractivity contribution is 0.322. The number of hydrogen-bond acceptors (Lipinski definition) is 3. The summed E-state index contributed by atoms with van der Waals surface area (Å²) in [7, 11) is 0. The van der Waals surface area contributed by atoms with Gasteiger partial charge >= 0.3 is 0 Å². The predicted molar refractivity (Wildman–Crippen MR) is 57.5 cm³/mol. The molecule has 5 heteroatoms. The summed E-state index contributed by atoms with van der Waals surface area (Å²) >= 11 is 13.2. The predicted octanol–water partition coefficient (Wildman–Crippen LogP) is 2.61. The first kappa shape index (κ1) is 11.1. The number of halogens is 2. The number of nitrogens with zero attached hydrogens (tertiary/aromatic N) is 1. The highest BCUT2D eigenvalue weighted by molar-refractivity contribution is 7.98. The van der Waals surface area contributed by atoms with Crippen LogP contribution < -0.4 is 0 Å². The zero-order chi connectivity index (χ0) is 9.68. The molecule has 0 aliphatic heterocycles. The van der Waals surface area contributed by atoms with Crippen molar-refractivity contribution in [3.63, 3.8) is 0 Å². The fourth-order valence-electron chi connectivity index (χ4n) is 0.789. The first-order chi connectivity index (χ1) is 6.24. The van der Waals surface area contributed by atoms with Crippen molar-refractivity contribution in [1.82, 2.24) is 4.98 Å². The first-order valence-corrected chi connectivity index (χ1v) is 5.63. The van der Waals surface area contributed by atoms with Gasteiger partial charge in [-0.25, -0.2) is 4.98 Å². The Kier molecular flexibility index (Phi) is 4.88. The number of rotatable bonds is 4. The largest absolute Gasteiger partial charge is 0.396 e. The van der Waals surface area contributed by atoms with Crippen molar-refractivity contribution >= 4 is 35.0 Å². The Labute approximate surface area is 91.3 Å². The number of hydrogen-bond donors (Lipinski definition) is 1. The highest BCUT2D eigenvalue weighted by atomic mass is 35.5. The van der Waals surface area contributed by atoms with E-state index < -0.39 is 0 Å². The average molecular weight is 238 g/mol. The molecule has 0 radical (unpaired) electrons. The summed E-state index contributed by atoms with van der Waals surface area (Å²) in [6.45, 7) is 0.184. The lowest BCUT2D eigenvalue weighted by Gasteiger charge is -2.02. The molecule has 1 rings (SSSR count). The molecule has 1 aromatic rings. The van der Waals surface area contributed by atoms with Crippen molar-refractivity contribution in [3.8, 4) is 0 Å². The molecule has 0 aromatic carbocycles. The topological polar surface area (TPSA) is 33.1 Å². The third kappa shape index (κ3) is 3.73. The van der Waals surface area contributed by atoms with Gasteiger partial charge in [0.1, 0.15) is 5.15 Å². The lowest BCUT2D eigenvalue weighted by atomic mass is 10.3. The van der Waals surface area contributed by atoms with Crippen molar-refractivity contribution in [1.29, 1.82) is 0 Å². The Morgan fingerprint density at radius 2 is 2.23 bits per heavy atom. The maximum atomic E-state index is 8.57. The smallest absolute Gasteiger partial charge is 0.130 e. The van der Waals surface area contributed by atoms with Gasteiger partial charge in [0.05, 0.1) is 6.61 Å². The lowest BCUT2D eigenvalue weighted by Crippen LogP contribution is -1.90. The molecule has 1 N–H and O–H groups in total. The van der Waals surface area contributed by atoms with Crippen LogP contribution in [-0.4, -0.2) is 22.5 Å². The van der Waals surface area contributed by atoms with Crippen molar-refractivity contribution in [2.24, 2.45) is 0 Å². The maximum absolute atomic E-state index is 8.57. The molecule has 0 aliphatic rings. The van der Waals surface area contributed by atoms with E-state index in [9.17, 15) is 0 Å². The number of aromatic nitrogens is 1. The Balaban J connectivity index is 2.56. The normalized spacial score (nSPS) is 10.4. The van der Waals surface area contributed by atoms with Crippen LogP contribution in [0.25, 0.3) is 0 Å². The molecule has 13 heavy (non-hydrogen) atoms. The van der Waals surface area contributed by atoms with Gasteiger partial charge in [-0.05, 0) is 11.6 Å². The Hall–Kier alpha value is 0.0400. The quantitative estimate of drug-likeness (QED) is 0.646. The van der Waals surface area contributed by atoms with Crippen LogP contribution in [0.1, 0.15) is 5.56 Å². The second-order valence-corrected chi connectivity index (χ2v) is 4.27. The summed E-state index contributed by atoms with van der Waals surface area (Å²) < 4.78 is 0. The molecule has 0 saturated carbocycles. The molecule has 0 unspecified atom stereocenters. The molecule has 72 valence electrons. The first-order valence-electron chi connectivity index (χ1n) is 3.72. The molecule has 0 saturated heterocycles. The standard InChI is InChI=1S/C8H9Cl2NOS/c9-7-3-8(10)11-4-6(7)5-13-2-1-12/h3-4,12H,1-2,5H2. The van der Waals surface area contributed by atoms with E-state index >= 15 is 0 Å². The molecule has 0 atom stereocenters. The van der Waals surface area contributed by atoms with E-state index in [1.807, 2.05) is 0 Å². The minimum absolute atomic E-state index is 0.184. The molecule has 0 amide bonds. The number of thioether (sulfide) groups is 1. The summed E-state index contributed by atoms with van der Waals surface area (Å²) in [4.78, 5) is 3.92. The van der Waals surface area contributed by atoms with Crippen molar-refractivity contribution in [2.75, 3.05) is 12.4 Å². The summed E-state index contributed by atoms with van der Waals surface area (Å²) in [6.07, 6.45) is 1.66. The minimum atomic E-state index is 0.184. The van der Waals surface area contributed by atoms with Crippen LogP contribution in [-0.2, 0) is 5.75 Å². The third-order valence-electron chi connectivity index (χ3n) is 1.39. The van der Waals surface area contributed by atoms with Crippen LogP contribution in [0.3, 0.4) is 0 Å². The monoisotopic (exact) mass is 237 g/mol. The van der Waals surface area contributed by atoms with E-state index in [-0.39, 0.29) is 6.61 Å². The van der Waals surface area contributed by atoms with Crippen LogP contribution in [0, 0.1) is 0 Å². The summed E-state index contributed by atoms with van der Waals surface area (Å²) in [5.41, 5.74) is 0.949. The molecule has 2 nitrogen and oxygen atoms in total. The summed E-state index contributed by atoms with van der Waals surface area (Å²) in [5.74, 6) is 1.46. The van der Waals surface area contributed by atoms with Crippen LogP contribution in [0.15, 0.2) is 12.3 Å². The van der Waals surface area contributed by atoms with E-state index in [2.05, 4.69) is 4.98 Å². The van der Waals surface area contributed by atoms with Gasteiger partial charge in [0.15, 0.2) is 0 Å². The zero-order valence-corrected chi connectivity index (χ0v) is 9.16. The van der Waals surface area contributed by atoms with Crippen molar-refractivity contribution in [2.45, 2.75) is 5.75 Å². The molecule has 0 spiro atoms. The van der Waals surface area contributed by atoms with E-state index in [1.54, 1.807) is 24.0 Å². The van der Waals surface area contributed by atoms with E-state index in [1.165, 1.54) is 0 Å². The highest BCUT2D eigenvalue weighted by Gasteiger charge is 2.01. The fraction of sp³-hybridized carbons (Fsp3) is 0.375. The summed E-state index contributed by atoms with van der Waals surface area (Å²) in [6, 6.07) is 1.62. The molecule has 1 heterocycles. The minimum Gasteiger partial charge on any atom is -0.396 e. The zero-order valence-electron chi connectivity index (χ0n) is 6.83. The number of aliphatic hydroxyl groups is 1. The van der Waals surface area contributed by atoms with E-state index in [0.29, 0.717) is 15.9 Å². The molecular formula is C8H9Cl2NOS. The van der Waals surface area contributed by atoms with Gasteiger partial charge in [-0.15, -0.1) is 0 Å². The Bertz CT molecular complexity index is 283. The van der Waals surface area contributed by atoms with Gasteiger partial charge in [-0.1, -0.05) is 23.2 Å². The van der Waals surface area contributed by atoms with Gasteiger partial charge in [-0.3, -0.25) is 0 Å². The second kappa shape index (κ2) is 5.70. The van der Waals surface area contributed by atoms with Crippen LogP contribution in [0.2, 0.25) is 10.2 Å². The van der Waals surface area contributed by atoms with E-state index in [4.69, 9.17) is 28.3 Å². The molecule has 0 bridgehead atoms. The molecule has 1 aromatic heterocycles. The van der Waals surface area contributed by atoms with Crippen LogP contribution in [0.4, 0.5) is 0 Å². The molecule has 0 fully saturated rings. The maximum Gasteiger partial charge on any atom is 0.130 e. The van der Waals surface area contributed by atoms with Gasteiger partial charge in [0.2, 0.25) is 0 Å². The second-order valence-electron chi connectivity index (χ2n) is 2.37. The molecular weight excluding hydrogens is 229 g/mol. The van der Waals surface area contributed by atoms with Crippen molar-refractivity contribution in [3.05, 3.63) is 28.0 Å². The van der Waals surface area contributed by atoms with Gasteiger partial charge in [-0.2, -0.15) is 11.8 Å². The average Bonchev–Trinajstić information content (AvgIpc) is 2.09. The van der Waals surface area contributed by atoms with E-state index in [0.717, 1.165) is 11.3 Å². The van der Waals surface area contributed by atoms with Crippen LogP contribution >= 0.6 is 35.0 Å². The fourth-order valence-corrected chi connectivity index (χ4v) is 2.02. The highest BCUT2D eigenvalue weighted by Crippen LogP contribution is 2.22. The SMILES string of the molecule is OCCSCc1cnc(Cl)cc1Cl. The molecule has 0 aliphatic carbocycles. The number of aliphatic hydroxyl groups excluding tert-OH is 1. The Morgan fingerprint density at radius 1 is 1.46 bits per heavy atom. The Morgan fingerprint density at radius 3 is 2.85 bits per heavy atom. The van der Waals surface area contributed by atoms with Gasteiger partial charge < -0.3 is 5.11 Å². The number of pyridine rings is 1. The third-order valence-corrected chi connectivity index (χ3v) is 2.93. The van der Waals surface area contributed by atoms with Gasteiger partial charge in [0, 0.05) is 22.7 Å². The van der Waals surface area contributed by atoms with Crippen LogP contribution in [0.5, 0.6) is 0 Å². The van der Waals surface area contributed by atoms with Gasteiger partial charge in [0.25, 0.3) is 0 Å².